The van der Waals surface area contributed by atoms with Crippen molar-refractivity contribution in [3.8, 4) is 0 Å². The number of hydrogen-bond acceptors (Lipinski definition) is 5. The number of nitrogens with two attached hydrogens (primary N) is 1. The van der Waals surface area contributed by atoms with E-state index in [4.69, 9.17) is 5.73 Å². The lowest BCUT2D eigenvalue weighted by atomic mass is 9.85. The highest BCUT2D eigenvalue weighted by molar-refractivity contribution is 5.96. The lowest BCUT2D eigenvalue weighted by Gasteiger charge is -2.38. The molecule has 3 unspecified atom stereocenters. The highest BCUT2D eigenvalue weighted by atomic mass is 19.4. The van der Waals surface area contributed by atoms with Crippen LogP contribution in [0.2, 0.25) is 0 Å². The van der Waals surface area contributed by atoms with Crippen LogP contribution in [0.5, 0.6) is 0 Å². The molecule has 13 heteroatoms. The average Bonchev–Trinajstić information content (AvgIpc) is 3.08. The summed E-state index contributed by atoms with van der Waals surface area (Å²) in [5, 5.41) is 4.44. The topological polar surface area (TPSA) is 142 Å². The van der Waals surface area contributed by atoms with Crippen LogP contribution in [0, 0.1) is 28.6 Å². The van der Waals surface area contributed by atoms with Crippen molar-refractivity contribution < 1.29 is 37.1 Å². The van der Waals surface area contributed by atoms with Gasteiger partial charge < -0.3 is 26.2 Å². The van der Waals surface area contributed by atoms with E-state index in [9.17, 15) is 37.1 Å². The molecule has 0 aromatic heterocycles. The summed E-state index contributed by atoms with van der Waals surface area (Å²) in [7, 11) is 1.64. The maximum atomic E-state index is 13.6. The van der Waals surface area contributed by atoms with E-state index < -0.39 is 59.3 Å². The maximum Gasteiger partial charge on any atom is 0.471 e. The van der Waals surface area contributed by atoms with Gasteiger partial charge in [0.25, 0.3) is 0 Å². The van der Waals surface area contributed by atoms with Gasteiger partial charge in [-0.2, -0.15) is 13.2 Å². The number of nitrogens with one attached hydrogen (secondary N) is 2. The molecule has 3 rings (SSSR count). The van der Waals surface area contributed by atoms with Crippen molar-refractivity contribution in [2.75, 3.05) is 20.1 Å². The first kappa shape index (κ1) is 28.7. The van der Waals surface area contributed by atoms with Gasteiger partial charge in [-0.1, -0.05) is 34.6 Å². The fraction of sp³-hybridized carbons (Fsp3) is 0.792. The van der Waals surface area contributed by atoms with E-state index in [1.54, 1.807) is 12.4 Å². The van der Waals surface area contributed by atoms with Gasteiger partial charge >= 0.3 is 12.1 Å². The van der Waals surface area contributed by atoms with Crippen LogP contribution in [0.15, 0.2) is 0 Å². The minimum Gasteiger partial charge on any atom is -0.368 e. The van der Waals surface area contributed by atoms with Crippen LogP contribution >= 0.6 is 0 Å². The first-order valence-electron chi connectivity index (χ1n) is 12.3. The number of carbonyl (C=O) groups is 5. The number of carbonyl (C=O) groups excluding carboxylic acids is 5. The predicted octanol–water partition coefficient (Wildman–Crippen LogP) is 0.401. The minimum absolute atomic E-state index is 0.0187. The summed E-state index contributed by atoms with van der Waals surface area (Å²) in [6.07, 6.45) is -4.72. The monoisotopic (exact) mass is 531 g/mol. The molecule has 5 amide bonds. The van der Waals surface area contributed by atoms with Crippen molar-refractivity contribution in [3.63, 3.8) is 0 Å². The second-order valence-electron chi connectivity index (χ2n) is 12.1. The zero-order valence-electron chi connectivity index (χ0n) is 21.9. The molecular weight excluding hydrogens is 495 g/mol. The van der Waals surface area contributed by atoms with Crippen molar-refractivity contribution in [1.82, 2.24) is 20.4 Å². The second-order valence-corrected chi connectivity index (χ2v) is 12.1. The number of nitrogens with zero attached hydrogens (tertiary/aromatic N) is 2. The zero-order chi connectivity index (χ0) is 28.2. The van der Waals surface area contributed by atoms with Crippen LogP contribution < -0.4 is 16.4 Å². The van der Waals surface area contributed by atoms with Crippen molar-refractivity contribution in [3.05, 3.63) is 0 Å². The van der Waals surface area contributed by atoms with Crippen LogP contribution in [0.3, 0.4) is 0 Å². The number of fused-ring (bicyclic) bond motifs is 1. The molecule has 3 aliphatic rings. The van der Waals surface area contributed by atoms with E-state index in [-0.39, 0.29) is 36.1 Å². The molecule has 37 heavy (non-hydrogen) atoms. The molecule has 10 nitrogen and oxygen atoms in total. The van der Waals surface area contributed by atoms with Gasteiger partial charge in [-0.3, -0.25) is 24.0 Å². The summed E-state index contributed by atoms with van der Waals surface area (Å²) in [6.45, 7) is 8.92. The SMILES string of the molecule is CN1CCC(C(NC(=O)[C@@H]2[C@@H]3[C@H](CN2C(=O)C(NC(=O)C(F)(F)F)C(C)(C)C)C3(C)C)C(N)=O)CC1=O. The number of hydrogen-bond donors (Lipinski definition) is 3. The Morgan fingerprint density at radius 1 is 1.11 bits per heavy atom. The van der Waals surface area contributed by atoms with Gasteiger partial charge in [0.05, 0.1) is 0 Å². The van der Waals surface area contributed by atoms with Crippen LogP contribution in [-0.4, -0.2) is 83.8 Å². The Morgan fingerprint density at radius 2 is 1.70 bits per heavy atom. The smallest absolute Gasteiger partial charge is 0.368 e. The third kappa shape index (κ3) is 5.54. The normalized spacial score (nSPS) is 28.7. The van der Waals surface area contributed by atoms with Crippen molar-refractivity contribution in [1.29, 1.82) is 0 Å². The summed E-state index contributed by atoms with van der Waals surface area (Å²) in [5.41, 5.74) is 4.17. The maximum absolute atomic E-state index is 13.6. The molecule has 0 radical (unpaired) electrons. The number of alkyl halides is 3. The third-order valence-electron chi connectivity index (χ3n) is 8.18. The number of rotatable bonds is 6. The summed E-state index contributed by atoms with van der Waals surface area (Å²) in [5.74, 6) is -5.60. The molecule has 4 N–H and O–H groups in total. The van der Waals surface area contributed by atoms with Crippen molar-refractivity contribution in [2.24, 2.45) is 34.3 Å². The lowest BCUT2D eigenvalue weighted by Crippen LogP contribution is -2.62. The molecule has 1 aliphatic carbocycles. The molecule has 1 saturated carbocycles. The summed E-state index contributed by atoms with van der Waals surface area (Å²) in [6, 6.07) is -3.76. The van der Waals surface area contributed by atoms with E-state index in [1.165, 1.54) is 30.6 Å². The van der Waals surface area contributed by atoms with Crippen molar-refractivity contribution in [2.45, 2.75) is 71.8 Å². The fourth-order valence-electron chi connectivity index (χ4n) is 5.75. The van der Waals surface area contributed by atoms with Crippen LogP contribution in [0.25, 0.3) is 0 Å². The Hall–Kier alpha value is -2.86. The molecule has 6 atom stereocenters. The Morgan fingerprint density at radius 3 is 2.19 bits per heavy atom. The summed E-state index contributed by atoms with van der Waals surface area (Å²) < 4.78 is 39.0. The molecule has 3 fully saturated rings. The molecule has 2 heterocycles. The van der Waals surface area contributed by atoms with Gasteiger partial charge in [-0.15, -0.1) is 0 Å². The quantitative estimate of drug-likeness (QED) is 0.455. The van der Waals surface area contributed by atoms with Gasteiger partial charge in [-0.05, 0) is 35.0 Å². The van der Waals surface area contributed by atoms with Crippen LogP contribution in [0.1, 0.15) is 47.5 Å². The third-order valence-corrected chi connectivity index (χ3v) is 8.18. The first-order chi connectivity index (χ1) is 16.8. The number of halogens is 3. The lowest BCUT2D eigenvalue weighted by molar-refractivity contribution is -0.176. The Balaban J connectivity index is 1.86. The molecule has 208 valence electrons. The van der Waals surface area contributed by atoms with Gasteiger partial charge in [-0.25, -0.2) is 0 Å². The van der Waals surface area contributed by atoms with Gasteiger partial charge in [0.1, 0.15) is 18.1 Å². The van der Waals surface area contributed by atoms with E-state index >= 15 is 0 Å². The van der Waals surface area contributed by atoms with E-state index in [2.05, 4.69) is 5.32 Å². The molecule has 2 saturated heterocycles. The van der Waals surface area contributed by atoms with Crippen LogP contribution in [0.4, 0.5) is 13.2 Å². The van der Waals surface area contributed by atoms with Crippen molar-refractivity contribution >= 4 is 29.5 Å². The highest BCUT2D eigenvalue weighted by Crippen LogP contribution is 2.65. The van der Waals surface area contributed by atoms with Gasteiger partial charge in [0.2, 0.25) is 23.6 Å². The Kier molecular flexibility index (Phi) is 7.34. The Labute approximate surface area is 213 Å². The predicted molar refractivity (Wildman–Crippen MR) is 125 cm³/mol. The van der Waals surface area contributed by atoms with Gasteiger partial charge in [0, 0.05) is 26.6 Å². The number of amides is 5. The average molecular weight is 532 g/mol. The standard InChI is InChI=1S/C24H36F3N5O5/c1-22(2,3)17(30-21(37)24(25,26)27)20(36)32-10-12-14(23(12,4)5)16(32)19(35)29-15(18(28)34)11-7-8-31(6)13(33)9-11/h11-12,14-17H,7-10H2,1-6H3,(H2,28,34)(H,29,35)(H,30,37)/t11?,12-,14-,15?,16-,17?/m0/s1. The first-order valence-corrected chi connectivity index (χ1v) is 12.3. The number of primary amides is 1. The zero-order valence-corrected chi connectivity index (χ0v) is 21.9. The fourth-order valence-corrected chi connectivity index (χ4v) is 5.75. The van der Waals surface area contributed by atoms with E-state index in [0.717, 1.165) is 0 Å². The van der Waals surface area contributed by atoms with E-state index in [0.29, 0.717) is 13.0 Å². The molecular formula is C24H36F3N5O5. The molecule has 0 bridgehead atoms. The number of piperidine rings is 2. The minimum atomic E-state index is -5.18. The molecule has 0 spiro atoms. The summed E-state index contributed by atoms with van der Waals surface area (Å²) in [4.78, 5) is 66.0. The molecule has 2 aliphatic heterocycles. The Bertz CT molecular complexity index is 992. The van der Waals surface area contributed by atoms with E-state index in [1.807, 2.05) is 13.8 Å². The largest absolute Gasteiger partial charge is 0.471 e. The van der Waals surface area contributed by atoms with Crippen LogP contribution in [-0.2, 0) is 24.0 Å². The molecule has 0 aromatic carbocycles. The second kappa shape index (κ2) is 9.46. The van der Waals surface area contributed by atoms with Gasteiger partial charge in [0.15, 0.2) is 0 Å². The number of likely N-dealkylation sites (tertiary alicyclic amines) is 2. The highest BCUT2D eigenvalue weighted by Gasteiger charge is 2.70. The molecule has 0 aromatic rings. The summed E-state index contributed by atoms with van der Waals surface area (Å²) >= 11 is 0.